The average molecular weight is 369 g/mol. The van der Waals surface area contributed by atoms with Gasteiger partial charge in [-0.05, 0) is 54.1 Å². The zero-order chi connectivity index (χ0) is 18.6. The lowest BCUT2D eigenvalue weighted by Crippen LogP contribution is -2.18. The maximum atomic E-state index is 8.85. The Bertz CT molecular complexity index is 987. The smallest absolute Gasteiger partial charge is 0.138 e. The lowest BCUT2D eigenvalue weighted by Gasteiger charge is -2.24. The number of hydrogen-bond acceptors (Lipinski definition) is 4. The quantitative estimate of drug-likeness (QED) is 0.423. The molecule has 0 amide bonds. The Labute approximate surface area is 164 Å². The molecule has 0 aromatic heterocycles. The van der Waals surface area contributed by atoms with Crippen molar-refractivity contribution < 1.29 is 0 Å². The lowest BCUT2D eigenvalue weighted by molar-refractivity contribution is 0.708. The Morgan fingerprint density at radius 2 is 1.67 bits per heavy atom. The van der Waals surface area contributed by atoms with Gasteiger partial charge in [-0.3, -0.25) is 5.01 Å². The molecule has 1 heterocycles. The van der Waals surface area contributed by atoms with Gasteiger partial charge in [-0.25, -0.2) is 0 Å². The van der Waals surface area contributed by atoms with E-state index in [4.69, 9.17) is 10.4 Å². The summed E-state index contributed by atoms with van der Waals surface area (Å²) in [6, 6.07) is 27.3. The minimum Gasteiger partial charge on any atom is -0.257 e. The molecule has 0 N–H and O–H groups in total. The van der Waals surface area contributed by atoms with Crippen LogP contribution in [0.15, 0.2) is 88.9 Å². The molecule has 1 unspecified atom stereocenters. The van der Waals surface area contributed by atoms with E-state index in [1.165, 1.54) is 28.5 Å². The largest absolute Gasteiger partial charge is 0.257 e. The van der Waals surface area contributed by atoms with Crippen LogP contribution in [0.1, 0.15) is 29.2 Å². The fourth-order valence-corrected chi connectivity index (χ4v) is 3.70. The summed E-state index contributed by atoms with van der Waals surface area (Å²) >= 11 is 1.17. The molecule has 0 aliphatic carbocycles. The summed E-state index contributed by atoms with van der Waals surface area (Å²) in [5.74, 6) is 0. The predicted octanol–water partition coefficient (Wildman–Crippen LogP) is 5.92. The van der Waals surface area contributed by atoms with E-state index in [1.807, 2.05) is 30.3 Å². The molecule has 0 fully saturated rings. The Hall–Kier alpha value is -3.03. The van der Waals surface area contributed by atoms with Gasteiger partial charge in [0.2, 0.25) is 0 Å². The van der Waals surface area contributed by atoms with Crippen LogP contribution < -0.4 is 5.01 Å². The first-order valence-corrected chi connectivity index (χ1v) is 9.71. The molecule has 0 saturated heterocycles. The number of hydrogen-bond donors (Lipinski definition) is 0. The number of nitrogens with zero attached hydrogens (tertiary/aromatic N) is 3. The zero-order valence-electron chi connectivity index (χ0n) is 15.0. The molecule has 27 heavy (non-hydrogen) atoms. The van der Waals surface area contributed by atoms with Crippen LogP contribution in [0.2, 0.25) is 0 Å². The number of benzene rings is 3. The number of hydrazone groups is 1. The van der Waals surface area contributed by atoms with Crippen molar-refractivity contribution in [3.05, 3.63) is 95.6 Å². The molecular formula is C23H19N3S. The molecule has 1 aliphatic heterocycles. The Balaban J connectivity index is 1.71. The van der Waals surface area contributed by atoms with Gasteiger partial charge >= 0.3 is 0 Å². The molecule has 4 rings (SSSR count). The molecule has 1 atom stereocenters. The molecule has 0 bridgehead atoms. The van der Waals surface area contributed by atoms with Gasteiger partial charge in [0, 0.05) is 11.3 Å². The van der Waals surface area contributed by atoms with Crippen molar-refractivity contribution in [3.63, 3.8) is 0 Å². The maximum absolute atomic E-state index is 8.85. The van der Waals surface area contributed by atoms with Crippen LogP contribution in [0.4, 0.5) is 5.69 Å². The first-order chi connectivity index (χ1) is 13.2. The highest BCUT2D eigenvalue weighted by atomic mass is 32.2. The van der Waals surface area contributed by atoms with Crippen LogP contribution in [-0.2, 0) is 0 Å². The second kappa shape index (κ2) is 7.69. The number of nitriles is 1. The third-order valence-electron chi connectivity index (χ3n) is 4.74. The van der Waals surface area contributed by atoms with Crippen molar-refractivity contribution in [1.82, 2.24) is 0 Å². The van der Waals surface area contributed by atoms with Gasteiger partial charge in [0.25, 0.3) is 0 Å². The van der Waals surface area contributed by atoms with E-state index in [0.29, 0.717) is 0 Å². The number of rotatable bonds is 4. The fraction of sp³-hybridized carbons (Fsp3) is 0.130. The van der Waals surface area contributed by atoms with Crippen molar-refractivity contribution in [3.8, 4) is 5.40 Å². The van der Waals surface area contributed by atoms with Crippen molar-refractivity contribution in [1.29, 1.82) is 5.26 Å². The highest BCUT2D eigenvalue weighted by Crippen LogP contribution is 2.37. The van der Waals surface area contributed by atoms with Crippen LogP contribution >= 0.6 is 11.8 Å². The highest BCUT2D eigenvalue weighted by molar-refractivity contribution is 8.03. The summed E-state index contributed by atoms with van der Waals surface area (Å²) in [7, 11) is 0. The van der Waals surface area contributed by atoms with Crippen molar-refractivity contribution in [2.24, 2.45) is 5.10 Å². The molecule has 0 radical (unpaired) electrons. The van der Waals surface area contributed by atoms with E-state index in [0.717, 1.165) is 22.7 Å². The van der Waals surface area contributed by atoms with Gasteiger partial charge in [0.15, 0.2) is 0 Å². The van der Waals surface area contributed by atoms with Crippen molar-refractivity contribution >= 4 is 23.2 Å². The molecule has 4 heteroatoms. The maximum Gasteiger partial charge on any atom is 0.138 e. The zero-order valence-corrected chi connectivity index (χ0v) is 15.9. The lowest BCUT2D eigenvalue weighted by atomic mass is 9.98. The molecule has 3 aromatic rings. The third-order valence-corrected chi connectivity index (χ3v) is 5.34. The highest BCUT2D eigenvalue weighted by Gasteiger charge is 2.29. The van der Waals surface area contributed by atoms with Crippen LogP contribution in [0.3, 0.4) is 0 Å². The molecule has 132 valence electrons. The number of anilines is 1. The summed E-state index contributed by atoms with van der Waals surface area (Å²) in [4.78, 5) is 0.944. The molecule has 1 aliphatic rings. The van der Waals surface area contributed by atoms with Gasteiger partial charge in [-0.1, -0.05) is 60.2 Å². The predicted molar refractivity (Wildman–Crippen MR) is 112 cm³/mol. The first kappa shape index (κ1) is 17.4. The number of thiocyanates is 1. The van der Waals surface area contributed by atoms with Crippen LogP contribution in [0, 0.1) is 17.6 Å². The van der Waals surface area contributed by atoms with Crippen LogP contribution in [-0.4, -0.2) is 5.71 Å². The summed E-state index contributed by atoms with van der Waals surface area (Å²) in [6.45, 7) is 2.10. The summed E-state index contributed by atoms with van der Waals surface area (Å²) in [6.07, 6.45) is 0.863. The van der Waals surface area contributed by atoms with Gasteiger partial charge < -0.3 is 0 Å². The second-order valence-electron chi connectivity index (χ2n) is 6.58. The average Bonchev–Trinajstić information content (AvgIpc) is 3.15. The summed E-state index contributed by atoms with van der Waals surface area (Å²) in [5.41, 5.74) is 5.80. The Morgan fingerprint density at radius 1 is 0.963 bits per heavy atom. The van der Waals surface area contributed by atoms with Gasteiger partial charge in [0.1, 0.15) is 5.40 Å². The Morgan fingerprint density at radius 3 is 2.33 bits per heavy atom. The molecular weight excluding hydrogens is 350 g/mol. The molecule has 0 saturated carbocycles. The van der Waals surface area contributed by atoms with Crippen LogP contribution in [0.5, 0.6) is 0 Å². The standard InChI is InChI=1S/C23H19N3S/c1-17-7-9-18(10-8-17)22-15-23(19-5-3-2-4-6-19)26(25-22)20-11-13-21(14-12-20)27-16-24/h2-14,23H,15H2,1H3. The van der Waals surface area contributed by atoms with Gasteiger partial charge in [0.05, 0.1) is 17.4 Å². The summed E-state index contributed by atoms with van der Waals surface area (Å²) < 4.78 is 0. The molecule has 3 nitrogen and oxygen atoms in total. The molecule has 0 spiro atoms. The Kier molecular flexibility index (Phi) is 4.95. The van der Waals surface area contributed by atoms with Crippen molar-refractivity contribution in [2.75, 3.05) is 5.01 Å². The van der Waals surface area contributed by atoms with E-state index >= 15 is 0 Å². The monoisotopic (exact) mass is 369 g/mol. The third kappa shape index (κ3) is 3.74. The normalized spacial score (nSPS) is 16.1. The number of thioether (sulfide) groups is 1. The van der Waals surface area contributed by atoms with E-state index in [9.17, 15) is 0 Å². The topological polar surface area (TPSA) is 39.4 Å². The minimum atomic E-state index is 0.164. The molecule has 3 aromatic carbocycles. The van der Waals surface area contributed by atoms with E-state index in [1.54, 1.807) is 0 Å². The second-order valence-corrected chi connectivity index (χ2v) is 7.43. The van der Waals surface area contributed by atoms with Crippen LogP contribution in [0.25, 0.3) is 0 Å². The summed E-state index contributed by atoms with van der Waals surface area (Å²) in [5, 5.41) is 18.0. The van der Waals surface area contributed by atoms with E-state index in [-0.39, 0.29) is 6.04 Å². The van der Waals surface area contributed by atoms with Crippen molar-refractivity contribution in [2.45, 2.75) is 24.3 Å². The van der Waals surface area contributed by atoms with Gasteiger partial charge in [-0.2, -0.15) is 10.4 Å². The van der Waals surface area contributed by atoms with Gasteiger partial charge in [-0.15, -0.1) is 0 Å². The van der Waals surface area contributed by atoms with E-state index < -0.39 is 0 Å². The SMILES string of the molecule is Cc1ccc(C2=NN(c3ccc(SC#N)cc3)C(c3ccccc3)C2)cc1. The minimum absolute atomic E-state index is 0.164. The first-order valence-electron chi connectivity index (χ1n) is 8.89. The fourth-order valence-electron chi connectivity index (χ4n) is 3.32. The number of aryl methyl sites for hydroxylation is 1. The van der Waals surface area contributed by atoms with E-state index in [2.05, 4.69) is 65.9 Å².